The lowest BCUT2D eigenvalue weighted by molar-refractivity contribution is -0.143. The van der Waals surface area contributed by atoms with Gasteiger partial charge in [-0.1, -0.05) is 87.9 Å². The van der Waals surface area contributed by atoms with Crippen molar-refractivity contribution in [1.82, 2.24) is 9.13 Å². The molecule has 0 N–H and O–H groups in total. The SMILES string of the molecule is COc1ccc(Br)cc1[C@H]1C(C(=O)OC(C)C)=C(C)N=c2s/c(=C\c3cn(Cc4cccc5ccccc45)c4ccccc34)c(=O)n21. The van der Waals surface area contributed by atoms with Crippen LogP contribution in [0, 0.1) is 0 Å². The zero-order valence-corrected chi connectivity index (χ0v) is 28.8. The average Bonchev–Trinajstić information content (AvgIpc) is 3.56. The maximum absolute atomic E-state index is 14.4. The van der Waals surface area contributed by atoms with E-state index in [1.165, 1.54) is 27.7 Å². The van der Waals surface area contributed by atoms with Gasteiger partial charge in [0.1, 0.15) is 11.8 Å². The van der Waals surface area contributed by atoms with Crippen LogP contribution in [-0.2, 0) is 16.1 Å². The third kappa shape index (κ3) is 5.64. The second-order valence-electron chi connectivity index (χ2n) is 11.8. The number of nitrogens with zero attached hydrogens (tertiary/aromatic N) is 3. The van der Waals surface area contributed by atoms with Gasteiger partial charge in [0.15, 0.2) is 4.80 Å². The Kier molecular flexibility index (Phi) is 8.20. The topological polar surface area (TPSA) is 74.8 Å². The van der Waals surface area contributed by atoms with E-state index in [9.17, 15) is 9.59 Å². The van der Waals surface area contributed by atoms with Crippen LogP contribution in [-0.4, -0.2) is 28.3 Å². The van der Waals surface area contributed by atoms with Gasteiger partial charge in [-0.2, -0.15) is 0 Å². The molecule has 0 saturated heterocycles. The molecule has 1 aliphatic rings. The number of halogens is 1. The van der Waals surface area contributed by atoms with Gasteiger partial charge in [0, 0.05) is 39.2 Å². The molecular formula is C38H32BrN3O4S. The van der Waals surface area contributed by atoms with Crippen LogP contribution in [0.1, 0.15) is 43.5 Å². The second kappa shape index (κ2) is 12.5. The highest BCUT2D eigenvalue weighted by Crippen LogP contribution is 2.37. The fourth-order valence-electron chi connectivity index (χ4n) is 6.35. The fraction of sp³-hybridized carbons (Fsp3) is 0.184. The van der Waals surface area contributed by atoms with E-state index in [1.807, 2.05) is 36.4 Å². The van der Waals surface area contributed by atoms with Crippen molar-refractivity contribution in [3.8, 4) is 5.75 Å². The van der Waals surface area contributed by atoms with Crippen molar-refractivity contribution < 1.29 is 14.3 Å². The summed E-state index contributed by atoms with van der Waals surface area (Å²) in [4.78, 5) is 33.3. The maximum Gasteiger partial charge on any atom is 0.338 e. The minimum atomic E-state index is -0.792. The Morgan fingerprint density at radius 2 is 1.77 bits per heavy atom. The summed E-state index contributed by atoms with van der Waals surface area (Å²) in [5.41, 5.74) is 4.45. The van der Waals surface area contributed by atoms with Gasteiger partial charge in [-0.3, -0.25) is 9.36 Å². The molecular weight excluding hydrogens is 674 g/mol. The largest absolute Gasteiger partial charge is 0.496 e. The lowest BCUT2D eigenvalue weighted by Crippen LogP contribution is -2.40. The van der Waals surface area contributed by atoms with Crippen LogP contribution in [0.5, 0.6) is 5.75 Å². The lowest BCUT2D eigenvalue weighted by Gasteiger charge is -2.26. The molecule has 0 aliphatic carbocycles. The first-order valence-electron chi connectivity index (χ1n) is 15.3. The summed E-state index contributed by atoms with van der Waals surface area (Å²) in [6.45, 7) is 6.06. The minimum absolute atomic E-state index is 0.242. The predicted octanol–water partition coefficient (Wildman–Crippen LogP) is 7.11. The molecule has 2 aromatic heterocycles. The molecule has 1 aliphatic heterocycles. The first-order chi connectivity index (χ1) is 22.7. The molecule has 236 valence electrons. The summed E-state index contributed by atoms with van der Waals surface area (Å²) in [5, 5.41) is 3.46. The van der Waals surface area contributed by atoms with Gasteiger partial charge < -0.3 is 14.0 Å². The van der Waals surface area contributed by atoms with Crippen molar-refractivity contribution in [3.63, 3.8) is 0 Å². The number of thiazole rings is 1. The molecule has 7 rings (SSSR count). The molecule has 47 heavy (non-hydrogen) atoms. The van der Waals surface area contributed by atoms with Crippen molar-refractivity contribution in [2.24, 2.45) is 4.99 Å². The number of aromatic nitrogens is 2. The predicted molar refractivity (Wildman–Crippen MR) is 191 cm³/mol. The van der Waals surface area contributed by atoms with Crippen LogP contribution < -0.4 is 19.6 Å². The Morgan fingerprint density at radius 1 is 1.02 bits per heavy atom. The van der Waals surface area contributed by atoms with E-state index in [0.29, 0.717) is 38.5 Å². The van der Waals surface area contributed by atoms with Gasteiger partial charge >= 0.3 is 5.97 Å². The van der Waals surface area contributed by atoms with Gasteiger partial charge in [0.2, 0.25) is 0 Å². The standard InChI is InChI=1S/C38H32BrN3O4S/c1-22(2)46-37(44)34-23(3)40-38-42(35(34)30-19-27(39)16-17-32(30)45-4)36(43)33(47-38)18-26-21-41(31-15-8-7-14-29(26)31)20-25-12-9-11-24-10-5-6-13-28(24)25/h5-19,21-22,35H,20H2,1-4H3/b33-18-/t35-/m0/s1. The van der Waals surface area contributed by atoms with Crippen molar-refractivity contribution in [1.29, 1.82) is 0 Å². The lowest BCUT2D eigenvalue weighted by atomic mass is 9.95. The number of hydrogen-bond donors (Lipinski definition) is 0. The minimum Gasteiger partial charge on any atom is -0.496 e. The Bertz CT molecular complexity index is 2410. The molecule has 9 heteroatoms. The molecule has 0 unspecified atom stereocenters. The number of allylic oxidation sites excluding steroid dienone is 1. The number of benzene rings is 4. The molecule has 0 amide bonds. The van der Waals surface area contributed by atoms with E-state index in [2.05, 4.69) is 81.3 Å². The van der Waals surface area contributed by atoms with Crippen molar-refractivity contribution in [2.45, 2.75) is 39.5 Å². The highest BCUT2D eigenvalue weighted by Gasteiger charge is 2.35. The molecule has 4 aromatic carbocycles. The van der Waals surface area contributed by atoms with E-state index < -0.39 is 12.0 Å². The van der Waals surface area contributed by atoms with E-state index in [1.54, 1.807) is 32.4 Å². The highest BCUT2D eigenvalue weighted by molar-refractivity contribution is 9.10. The first-order valence-corrected chi connectivity index (χ1v) is 17.0. The highest BCUT2D eigenvalue weighted by atomic mass is 79.9. The van der Waals surface area contributed by atoms with E-state index in [-0.39, 0.29) is 11.7 Å². The summed E-state index contributed by atoms with van der Waals surface area (Å²) in [7, 11) is 1.58. The monoisotopic (exact) mass is 705 g/mol. The summed E-state index contributed by atoms with van der Waals surface area (Å²) in [5.74, 6) is 0.0351. The summed E-state index contributed by atoms with van der Waals surface area (Å²) >= 11 is 4.88. The number of fused-ring (bicyclic) bond motifs is 3. The zero-order chi connectivity index (χ0) is 32.8. The Morgan fingerprint density at radius 3 is 2.55 bits per heavy atom. The molecule has 3 heterocycles. The van der Waals surface area contributed by atoms with Gasteiger partial charge in [-0.15, -0.1) is 0 Å². The smallest absolute Gasteiger partial charge is 0.338 e. The Balaban J connectivity index is 1.40. The number of rotatable bonds is 7. The molecule has 6 aromatic rings. The molecule has 0 spiro atoms. The number of methoxy groups -OCH3 is 1. The van der Waals surface area contributed by atoms with Gasteiger partial charge in [-0.05, 0) is 67.4 Å². The van der Waals surface area contributed by atoms with Gasteiger partial charge in [-0.25, -0.2) is 9.79 Å². The van der Waals surface area contributed by atoms with Crippen LogP contribution in [0.3, 0.4) is 0 Å². The molecule has 0 fully saturated rings. The number of carbonyl (C=O) groups excluding carboxylic acids is 1. The number of ether oxygens (including phenoxy) is 2. The second-order valence-corrected chi connectivity index (χ2v) is 13.7. The molecule has 0 saturated carbocycles. The van der Waals surface area contributed by atoms with Gasteiger partial charge in [0.25, 0.3) is 5.56 Å². The summed E-state index contributed by atoms with van der Waals surface area (Å²) in [6.07, 6.45) is 3.70. The number of hydrogen-bond acceptors (Lipinski definition) is 6. The third-order valence-electron chi connectivity index (χ3n) is 8.40. The summed E-state index contributed by atoms with van der Waals surface area (Å²) < 4.78 is 16.5. The Hall–Kier alpha value is -4.73. The molecule has 1 atom stereocenters. The van der Waals surface area contributed by atoms with Crippen LogP contribution >= 0.6 is 27.3 Å². The third-order valence-corrected chi connectivity index (χ3v) is 9.87. The van der Waals surface area contributed by atoms with Crippen molar-refractivity contribution in [2.75, 3.05) is 7.11 Å². The summed E-state index contributed by atoms with van der Waals surface area (Å²) in [6, 6.07) is 27.8. The Labute approximate surface area is 283 Å². The average molecular weight is 707 g/mol. The number of carbonyl (C=O) groups is 1. The van der Waals surface area contributed by atoms with Crippen LogP contribution in [0.15, 0.2) is 117 Å². The quantitative estimate of drug-likeness (QED) is 0.166. The van der Waals surface area contributed by atoms with Crippen molar-refractivity contribution >= 4 is 61.0 Å². The normalized spacial score (nSPS) is 14.9. The van der Waals surface area contributed by atoms with E-state index >= 15 is 0 Å². The number of esters is 1. The van der Waals surface area contributed by atoms with E-state index in [0.717, 1.165) is 20.9 Å². The first kappa shape index (κ1) is 30.9. The molecule has 7 nitrogen and oxygen atoms in total. The van der Waals surface area contributed by atoms with Crippen molar-refractivity contribution in [3.05, 3.63) is 143 Å². The number of para-hydroxylation sites is 1. The fourth-order valence-corrected chi connectivity index (χ4v) is 7.77. The van der Waals surface area contributed by atoms with Crippen LogP contribution in [0.4, 0.5) is 0 Å². The van der Waals surface area contributed by atoms with E-state index in [4.69, 9.17) is 14.5 Å². The van der Waals surface area contributed by atoms with Crippen LogP contribution in [0.2, 0.25) is 0 Å². The molecule has 0 radical (unpaired) electrons. The molecule has 0 bridgehead atoms. The van der Waals surface area contributed by atoms with Crippen LogP contribution in [0.25, 0.3) is 27.8 Å². The maximum atomic E-state index is 14.4. The van der Waals surface area contributed by atoms with Gasteiger partial charge in [0.05, 0.1) is 29.0 Å². The zero-order valence-electron chi connectivity index (χ0n) is 26.4.